The fraction of sp³-hybridized carbons (Fsp3) is 0.769. The van der Waals surface area contributed by atoms with Gasteiger partial charge < -0.3 is 9.64 Å². The summed E-state index contributed by atoms with van der Waals surface area (Å²) in [6.07, 6.45) is 0. The standard InChI is InChI=1S/C13H22ClN3O2/c1-12(14)10-15-2-4-17(5-3-15)13(18)11-16-6-8-19-9-7-16/h1-11H2. The molecule has 19 heavy (non-hydrogen) atoms. The summed E-state index contributed by atoms with van der Waals surface area (Å²) in [4.78, 5) is 18.5. The van der Waals surface area contributed by atoms with Crippen molar-refractivity contribution in [1.82, 2.24) is 14.7 Å². The van der Waals surface area contributed by atoms with Crippen LogP contribution in [0.2, 0.25) is 0 Å². The summed E-state index contributed by atoms with van der Waals surface area (Å²) in [5.74, 6) is 0.228. The van der Waals surface area contributed by atoms with Crippen LogP contribution in [0.5, 0.6) is 0 Å². The van der Waals surface area contributed by atoms with Crippen molar-refractivity contribution < 1.29 is 9.53 Å². The minimum atomic E-state index is 0.228. The maximum absolute atomic E-state index is 12.2. The van der Waals surface area contributed by atoms with E-state index in [1.54, 1.807) is 0 Å². The minimum Gasteiger partial charge on any atom is -0.379 e. The van der Waals surface area contributed by atoms with E-state index in [4.69, 9.17) is 16.3 Å². The van der Waals surface area contributed by atoms with Crippen molar-refractivity contribution in [2.24, 2.45) is 0 Å². The fourth-order valence-electron chi connectivity index (χ4n) is 2.45. The predicted molar refractivity (Wildman–Crippen MR) is 75.3 cm³/mol. The Labute approximate surface area is 119 Å². The predicted octanol–water partition coefficient (Wildman–Crippen LogP) is 0.215. The Bertz CT molecular complexity index is 324. The van der Waals surface area contributed by atoms with Gasteiger partial charge in [0.25, 0.3) is 0 Å². The molecule has 0 N–H and O–H groups in total. The van der Waals surface area contributed by atoms with Crippen LogP contribution in [-0.4, -0.2) is 86.2 Å². The third kappa shape index (κ3) is 4.76. The molecule has 108 valence electrons. The Balaban J connectivity index is 1.71. The second-order valence-corrected chi connectivity index (χ2v) is 5.60. The second kappa shape index (κ2) is 7.24. The maximum atomic E-state index is 12.2. The van der Waals surface area contributed by atoms with E-state index in [-0.39, 0.29) is 5.91 Å². The number of piperazine rings is 1. The van der Waals surface area contributed by atoms with E-state index in [9.17, 15) is 4.79 Å². The van der Waals surface area contributed by atoms with Crippen molar-refractivity contribution in [1.29, 1.82) is 0 Å². The molecule has 2 aliphatic rings. The highest BCUT2D eigenvalue weighted by molar-refractivity contribution is 6.29. The molecule has 0 bridgehead atoms. The first kappa shape index (κ1) is 14.8. The molecule has 2 aliphatic heterocycles. The first-order chi connectivity index (χ1) is 9.15. The van der Waals surface area contributed by atoms with Crippen LogP contribution >= 0.6 is 11.6 Å². The van der Waals surface area contributed by atoms with Crippen LogP contribution < -0.4 is 0 Å². The van der Waals surface area contributed by atoms with Crippen LogP contribution in [0.4, 0.5) is 0 Å². The quantitative estimate of drug-likeness (QED) is 0.741. The molecule has 0 saturated carbocycles. The van der Waals surface area contributed by atoms with Crippen LogP contribution in [0, 0.1) is 0 Å². The lowest BCUT2D eigenvalue weighted by molar-refractivity contribution is -0.135. The lowest BCUT2D eigenvalue weighted by atomic mass is 10.3. The van der Waals surface area contributed by atoms with E-state index in [1.165, 1.54) is 0 Å². The zero-order chi connectivity index (χ0) is 13.7. The smallest absolute Gasteiger partial charge is 0.236 e. The van der Waals surface area contributed by atoms with E-state index >= 15 is 0 Å². The van der Waals surface area contributed by atoms with Gasteiger partial charge in [0.2, 0.25) is 5.91 Å². The normalized spacial score (nSPS) is 22.5. The Kier molecular flexibility index (Phi) is 5.63. The number of amides is 1. The zero-order valence-corrected chi connectivity index (χ0v) is 12.1. The number of morpholine rings is 1. The molecule has 0 atom stereocenters. The molecule has 2 heterocycles. The van der Waals surface area contributed by atoms with Gasteiger partial charge in [0.05, 0.1) is 19.8 Å². The van der Waals surface area contributed by atoms with Crippen LogP contribution in [-0.2, 0) is 9.53 Å². The van der Waals surface area contributed by atoms with Crippen molar-refractivity contribution in [3.8, 4) is 0 Å². The lowest BCUT2D eigenvalue weighted by Gasteiger charge is -2.36. The first-order valence-electron chi connectivity index (χ1n) is 6.78. The van der Waals surface area contributed by atoms with Gasteiger partial charge in [-0.1, -0.05) is 18.2 Å². The number of rotatable bonds is 4. The molecule has 5 nitrogen and oxygen atoms in total. The van der Waals surface area contributed by atoms with Crippen LogP contribution in [0.15, 0.2) is 11.6 Å². The second-order valence-electron chi connectivity index (χ2n) is 5.06. The highest BCUT2D eigenvalue weighted by Crippen LogP contribution is 2.07. The van der Waals surface area contributed by atoms with Crippen LogP contribution in [0.3, 0.4) is 0 Å². The average molecular weight is 288 g/mol. The molecule has 0 aromatic heterocycles. The van der Waals surface area contributed by atoms with Crippen molar-refractivity contribution in [3.63, 3.8) is 0 Å². The van der Waals surface area contributed by atoms with Crippen molar-refractivity contribution in [2.45, 2.75) is 0 Å². The molecule has 0 aliphatic carbocycles. The molecule has 0 aromatic rings. The topological polar surface area (TPSA) is 36.0 Å². The third-order valence-electron chi connectivity index (χ3n) is 3.58. The van der Waals surface area contributed by atoms with E-state index in [0.29, 0.717) is 18.1 Å². The van der Waals surface area contributed by atoms with Gasteiger partial charge in [0, 0.05) is 50.8 Å². The Morgan fingerprint density at radius 1 is 1.00 bits per heavy atom. The molecule has 0 unspecified atom stereocenters. The SMILES string of the molecule is C=C(Cl)CN1CCN(C(=O)CN2CCOCC2)CC1. The summed E-state index contributed by atoms with van der Waals surface area (Å²) in [6, 6.07) is 0. The molecule has 0 radical (unpaired) electrons. The number of carbonyl (C=O) groups excluding carboxylic acids is 1. The summed E-state index contributed by atoms with van der Waals surface area (Å²) in [5.41, 5.74) is 0. The monoisotopic (exact) mass is 287 g/mol. The lowest BCUT2D eigenvalue weighted by Crippen LogP contribution is -2.52. The summed E-state index contributed by atoms with van der Waals surface area (Å²) in [7, 11) is 0. The largest absolute Gasteiger partial charge is 0.379 e. The van der Waals surface area contributed by atoms with E-state index in [2.05, 4.69) is 16.4 Å². The van der Waals surface area contributed by atoms with Crippen LogP contribution in [0.1, 0.15) is 0 Å². The Morgan fingerprint density at radius 2 is 1.58 bits per heavy atom. The zero-order valence-electron chi connectivity index (χ0n) is 11.3. The number of ether oxygens (including phenoxy) is 1. The molecule has 2 rings (SSSR count). The highest BCUT2D eigenvalue weighted by atomic mass is 35.5. The third-order valence-corrected chi connectivity index (χ3v) is 3.70. The van der Waals surface area contributed by atoms with E-state index in [0.717, 1.165) is 52.5 Å². The average Bonchev–Trinajstić information content (AvgIpc) is 2.40. The Morgan fingerprint density at radius 3 is 2.16 bits per heavy atom. The molecular weight excluding hydrogens is 266 g/mol. The van der Waals surface area contributed by atoms with Gasteiger partial charge >= 0.3 is 0 Å². The summed E-state index contributed by atoms with van der Waals surface area (Å²) in [6.45, 7) is 11.4. The maximum Gasteiger partial charge on any atom is 0.236 e. The van der Waals surface area contributed by atoms with Crippen molar-refractivity contribution in [2.75, 3.05) is 65.6 Å². The summed E-state index contributed by atoms with van der Waals surface area (Å²) < 4.78 is 5.28. The summed E-state index contributed by atoms with van der Waals surface area (Å²) >= 11 is 5.80. The van der Waals surface area contributed by atoms with Gasteiger partial charge in [0.15, 0.2) is 0 Å². The molecule has 0 aromatic carbocycles. The van der Waals surface area contributed by atoms with Crippen molar-refractivity contribution >= 4 is 17.5 Å². The number of carbonyl (C=O) groups is 1. The number of hydrogen-bond acceptors (Lipinski definition) is 4. The van der Waals surface area contributed by atoms with Gasteiger partial charge in [0.1, 0.15) is 0 Å². The van der Waals surface area contributed by atoms with Gasteiger partial charge in [-0.2, -0.15) is 0 Å². The van der Waals surface area contributed by atoms with Crippen molar-refractivity contribution in [3.05, 3.63) is 11.6 Å². The van der Waals surface area contributed by atoms with Gasteiger partial charge in [-0.3, -0.25) is 14.6 Å². The van der Waals surface area contributed by atoms with Gasteiger partial charge in [-0.25, -0.2) is 0 Å². The first-order valence-corrected chi connectivity index (χ1v) is 7.16. The molecule has 2 fully saturated rings. The van der Waals surface area contributed by atoms with E-state index < -0.39 is 0 Å². The van der Waals surface area contributed by atoms with Gasteiger partial charge in [-0.15, -0.1) is 0 Å². The number of nitrogens with zero attached hydrogens (tertiary/aromatic N) is 3. The summed E-state index contributed by atoms with van der Waals surface area (Å²) in [5, 5.41) is 0.660. The minimum absolute atomic E-state index is 0.228. The van der Waals surface area contributed by atoms with Gasteiger partial charge in [-0.05, 0) is 0 Å². The fourth-order valence-corrected chi connectivity index (χ4v) is 2.62. The number of hydrogen-bond donors (Lipinski definition) is 0. The molecular formula is C13H22ClN3O2. The van der Waals surface area contributed by atoms with E-state index in [1.807, 2.05) is 4.90 Å². The number of halogens is 1. The van der Waals surface area contributed by atoms with Crippen LogP contribution in [0.25, 0.3) is 0 Å². The highest BCUT2D eigenvalue weighted by Gasteiger charge is 2.23. The molecule has 1 amide bonds. The molecule has 0 spiro atoms. The molecule has 2 saturated heterocycles. The molecule has 6 heteroatoms. The Hall–Kier alpha value is -0.620.